The number of hydrogen-bond acceptors (Lipinski definition) is 6. The molecule has 4 aromatic rings. The van der Waals surface area contributed by atoms with Gasteiger partial charge in [0.15, 0.2) is 5.75 Å². The van der Waals surface area contributed by atoms with Crippen LogP contribution in [0.2, 0.25) is 0 Å². The number of hydrogen-bond donors (Lipinski definition) is 1. The number of nitrogens with one attached hydrogen (secondary N) is 1. The number of nitrogens with zero attached hydrogens (tertiary/aromatic N) is 1. The Morgan fingerprint density at radius 2 is 1.41 bits per heavy atom. The Balaban J connectivity index is 1.54. The van der Waals surface area contributed by atoms with E-state index in [0.717, 1.165) is 11.1 Å². The van der Waals surface area contributed by atoms with Crippen molar-refractivity contribution in [3.8, 4) is 5.75 Å². The molecular formula is C31H30N2O6. The Morgan fingerprint density at radius 1 is 0.821 bits per heavy atom. The molecule has 1 N–H and O–H groups in total. The van der Waals surface area contributed by atoms with Crippen LogP contribution in [0.25, 0.3) is 0 Å². The van der Waals surface area contributed by atoms with E-state index in [4.69, 9.17) is 14.3 Å². The normalized spacial score (nSPS) is 10.9. The smallest absolute Gasteiger partial charge is 0.338 e. The summed E-state index contributed by atoms with van der Waals surface area (Å²) in [7, 11) is 0. The van der Waals surface area contributed by atoms with Gasteiger partial charge in [-0.05, 0) is 56.2 Å². The van der Waals surface area contributed by atoms with E-state index in [9.17, 15) is 14.4 Å². The van der Waals surface area contributed by atoms with Gasteiger partial charge < -0.3 is 19.6 Å². The minimum Gasteiger partial charge on any atom is -0.483 e. The third-order valence-electron chi connectivity index (χ3n) is 5.44. The zero-order valence-corrected chi connectivity index (χ0v) is 22.0. The summed E-state index contributed by atoms with van der Waals surface area (Å²) in [6.45, 7) is 5.71. The van der Waals surface area contributed by atoms with Gasteiger partial charge >= 0.3 is 5.97 Å². The van der Waals surface area contributed by atoms with Crippen molar-refractivity contribution in [1.29, 1.82) is 0 Å². The van der Waals surface area contributed by atoms with Gasteiger partial charge in [0, 0.05) is 11.8 Å². The van der Waals surface area contributed by atoms with Gasteiger partial charge in [-0.1, -0.05) is 60.7 Å². The van der Waals surface area contributed by atoms with Crippen LogP contribution >= 0.6 is 0 Å². The number of ether oxygens (including phenoxy) is 2. The van der Waals surface area contributed by atoms with E-state index in [1.807, 2.05) is 60.7 Å². The molecule has 0 spiro atoms. The average Bonchev–Trinajstić information content (AvgIpc) is 2.92. The van der Waals surface area contributed by atoms with E-state index in [1.54, 1.807) is 45.0 Å². The molecule has 39 heavy (non-hydrogen) atoms. The molecule has 200 valence electrons. The van der Waals surface area contributed by atoms with Crippen LogP contribution < -0.4 is 20.3 Å². The van der Waals surface area contributed by atoms with Gasteiger partial charge in [0.1, 0.15) is 24.5 Å². The predicted octanol–water partition coefficient (Wildman–Crippen LogP) is 5.26. The second-order valence-electron chi connectivity index (χ2n) is 9.78. The topological polar surface area (TPSA) is 95.9 Å². The maximum Gasteiger partial charge on any atom is 0.338 e. The van der Waals surface area contributed by atoms with Crippen molar-refractivity contribution in [2.24, 2.45) is 0 Å². The molecule has 0 aliphatic heterocycles. The fourth-order valence-corrected chi connectivity index (χ4v) is 3.55. The molecule has 1 aromatic heterocycles. The minimum absolute atomic E-state index is 0.0146. The number of carbonyl (C=O) groups excluding carboxylic acids is 2. The van der Waals surface area contributed by atoms with Crippen LogP contribution in [0, 0.1) is 0 Å². The molecule has 8 nitrogen and oxygen atoms in total. The number of amides is 1. The van der Waals surface area contributed by atoms with Crippen molar-refractivity contribution in [2.45, 2.75) is 39.6 Å². The number of anilines is 1. The Bertz CT molecular complexity index is 1470. The summed E-state index contributed by atoms with van der Waals surface area (Å²) in [5.41, 5.74) is 1.46. The first-order chi connectivity index (χ1) is 18.7. The van der Waals surface area contributed by atoms with Gasteiger partial charge in [-0.15, -0.1) is 0 Å². The second kappa shape index (κ2) is 12.1. The van der Waals surface area contributed by atoms with Crippen LogP contribution in [0.1, 0.15) is 52.7 Å². The Kier molecular flexibility index (Phi) is 8.46. The molecule has 0 aliphatic carbocycles. The fraction of sp³-hybridized carbons (Fsp3) is 0.194. The quantitative estimate of drug-likeness (QED) is 0.299. The Hall–Kier alpha value is -4.85. The average molecular weight is 527 g/mol. The standard InChI is InChI=1S/C31H30N2O6/c1-31(2,3)39-30(36)24-14-16-25(17-15-24)32-29(35)26-18-27(34)28(37-20-22-10-6-4-7-11-22)19-33(26)38-21-23-12-8-5-9-13-23/h4-19H,20-21H2,1-3H3,(H,32,35). The minimum atomic E-state index is -0.621. The van der Waals surface area contributed by atoms with E-state index in [0.29, 0.717) is 11.3 Å². The van der Waals surface area contributed by atoms with Gasteiger partial charge in [0.2, 0.25) is 5.43 Å². The summed E-state index contributed by atoms with van der Waals surface area (Å²) < 4.78 is 12.4. The third-order valence-corrected chi connectivity index (χ3v) is 5.44. The molecule has 0 radical (unpaired) electrons. The van der Waals surface area contributed by atoms with Gasteiger partial charge in [0.25, 0.3) is 5.91 Å². The van der Waals surface area contributed by atoms with E-state index in [1.165, 1.54) is 17.0 Å². The molecule has 0 aliphatic rings. The van der Waals surface area contributed by atoms with Crippen molar-refractivity contribution >= 4 is 17.6 Å². The Morgan fingerprint density at radius 3 is 2.00 bits per heavy atom. The molecule has 0 fully saturated rings. The molecule has 0 bridgehead atoms. The molecule has 3 aromatic carbocycles. The Labute approximate surface area is 226 Å². The van der Waals surface area contributed by atoms with Crippen LogP contribution in [-0.4, -0.2) is 22.2 Å². The summed E-state index contributed by atoms with van der Waals surface area (Å²) in [4.78, 5) is 44.3. The second-order valence-corrected chi connectivity index (χ2v) is 9.78. The number of rotatable bonds is 9. The highest BCUT2D eigenvalue weighted by Gasteiger charge is 2.19. The summed E-state index contributed by atoms with van der Waals surface area (Å²) in [5.74, 6) is -0.986. The number of carbonyl (C=O) groups is 2. The van der Waals surface area contributed by atoms with Crippen LogP contribution in [-0.2, 0) is 18.0 Å². The first-order valence-corrected chi connectivity index (χ1v) is 12.4. The highest BCUT2D eigenvalue weighted by molar-refractivity contribution is 6.03. The molecule has 0 unspecified atom stereocenters. The van der Waals surface area contributed by atoms with E-state index >= 15 is 0 Å². The lowest BCUT2D eigenvalue weighted by atomic mass is 10.1. The van der Waals surface area contributed by atoms with Crippen LogP contribution in [0.5, 0.6) is 5.75 Å². The summed E-state index contributed by atoms with van der Waals surface area (Å²) in [5, 5.41) is 2.74. The van der Waals surface area contributed by atoms with Gasteiger partial charge in [0.05, 0.1) is 11.8 Å². The van der Waals surface area contributed by atoms with Crippen molar-refractivity contribution in [3.63, 3.8) is 0 Å². The number of pyridine rings is 1. The van der Waals surface area contributed by atoms with Gasteiger partial charge in [-0.25, -0.2) is 4.79 Å². The summed E-state index contributed by atoms with van der Waals surface area (Å²) in [6.07, 6.45) is 1.37. The predicted molar refractivity (Wildman–Crippen MR) is 148 cm³/mol. The molecule has 1 amide bonds. The number of esters is 1. The number of aromatic nitrogens is 1. The maximum absolute atomic E-state index is 13.2. The fourth-order valence-electron chi connectivity index (χ4n) is 3.55. The van der Waals surface area contributed by atoms with Crippen LogP contribution in [0.3, 0.4) is 0 Å². The van der Waals surface area contributed by atoms with Gasteiger partial charge in [-0.3, -0.25) is 9.59 Å². The summed E-state index contributed by atoms with van der Waals surface area (Å²) >= 11 is 0. The van der Waals surface area contributed by atoms with Gasteiger partial charge in [-0.2, -0.15) is 4.73 Å². The molecule has 1 heterocycles. The monoisotopic (exact) mass is 526 g/mol. The molecule has 4 rings (SSSR count). The zero-order valence-electron chi connectivity index (χ0n) is 22.0. The lowest BCUT2D eigenvalue weighted by Crippen LogP contribution is -2.27. The van der Waals surface area contributed by atoms with Crippen LogP contribution in [0.4, 0.5) is 5.69 Å². The highest BCUT2D eigenvalue weighted by atomic mass is 16.7. The van der Waals surface area contributed by atoms with Crippen molar-refractivity contribution in [3.05, 3.63) is 130 Å². The lowest BCUT2D eigenvalue weighted by Gasteiger charge is -2.19. The molecule has 0 saturated heterocycles. The van der Waals surface area contributed by atoms with Crippen molar-refractivity contribution in [2.75, 3.05) is 5.32 Å². The van der Waals surface area contributed by atoms with Crippen LogP contribution in [0.15, 0.2) is 102 Å². The molecule has 0 atom stereocenters. The first-order valence-electron chi connectivity index (χ1n) is 12.4. The number of benzene rings is 3. The van der Waals surface area contributed by atoms with E-state index in [-0.39, 0.29) is 24.7 Å². The maximum atomic E-state index is 13.2. The first kappa shape index (κ1) is 27.2. The molecule has 8 heteroatoms. The summed E-state index contributed by atoms with van der Waals surface area (Å²) in [6, 6.07) is 26.3. The van der Waals surface area contributed by atoms with Crippen molar-refractivity contribution in [1.82, 2.24) is 4.73 Å². The zero-order chi connectivity index (χ0) is 27.8. The van der Waals surface area contributed by atoms with Crippen molar-refractivity contribution < 1.29 is 23.9 Å². The highest BCUT2D eigenvalue weighted by Crippen LogP contribution is 2.17. The molecule has 0 saturated carbocycles. The van der Waals surface area contributed by atoms with E-state index < -0.39 is 22.9 Å². The largest absolute Gasteiger partial charge is 0.483 e. The third kappa shape index (κ3) is 7.82. The SMILES string of the molecule is CC(C)(C)OC(=O)c1ccc(NC(=O)c2cc(=O)c(OCc3ccccc3)cn2OCc2ccccc2)cc1. The lowest BCUT2D eigenvalue weighted by molar-refractivity contribution is 0.00694. The van der Waals surface area contributed by atoms with E-state index in [2.05, 4.69) is 5.32 Å². The molecular weight excluding hydrogens is 496 g/mol.